The number of hydrogen-bond donors (Lipinski definition) is 2. The molecule has 0 aliphatic rings. The Morgan fingerprint density at radius 1 is 1.69 bits per heavy atom. The van der Waals surface area contributed by atoms with Crippen LogP contribution in [0.25, 0.3) is 0 Å². The summed E-state index contributed by atoms with van der Waals surface area (Å²) in [6.45, 7) is 4.06. The highest BCUT2D eigenvalue weighted by atomic mass is 16.4. The number of nitrogens with zero attached hydrogens (tertiary/aromatic N) is 2. The molecule has 0 radical (unpaired) electrons. The summed E-state index contributed by atoms with van der Waals surface area (Å²) in [4.78, 5) is 10.3. The lowest BCUT2D eigenvalue weighted by molar-refractivity contribution is 0.209. The summed E-state index contributed by atoms with van der Waals surface area (Å²) in [5, 5.41) is 14.6. The number of aryl methyl sites for hydroxylation is 1. The molecule has 0 saturated heterocycles. The largest absolute Gasteiger partial charge is 0.465 e. The number of carbonyl (C=O) groups is 1. The lowest BCUT2D eigenvalue weighted by Crippen LogP contribution is -2.07. The van der Waals surface area contributed by atoms with E-state index in [4.69, 9.17) is 5.11 Å². The van der Waals surface area contributed by atoms with Gasteiger partial charge in [0.05, 0.1) is 0 Å². The van der Waals surface area contributed by atoms with Crippen molar-refractivity contribution in [3.05, 3.63) is 11.8 Å². The van der Waals surface area contributed by atoms with Gasteiger partial charge in [0.15, 0.2) is 5.82 Å². The topological polar surface area (TPSA) is 67.2 Å². The molecule has 72 valence electrons. The van der Waals surface area contributed by atoms with Crippen molar-refractivity contribution in [2.45, 2.75) is 19.8 Å². The second-order valence-corrected chi connectivity index (χ2v) is 3.16. The van der Waals surface area contributed by atoms with Gasteiger partial charge in [-0.25, -0.2) is 4.79 Å². The lowest BCUT2D eigenvalue weighted by atomic mass is 10.1. The second-order valence-electron chi connectivity index (χ2n) is 3.16. The van der Waals surface area contributed by atoms with Crippen molar-refractivity contribution in [3.8, 4) is 0 Å². The van der Waals surface area contributed by atoms with Gasteiger partial charge in [-0.3, -0.25) is 10.00 Å². The summed E-state index contributed by atoms with van der Waals surface area (Å²) in [7, 11) is 1.79. The van der Waals surface area contributed by atoms with Crippen LogP contribution in [0.2, 0.25) is 0 Å². The molecule has 5 heteroatoms. The molecule has 0 aromatic carbocycles. The van der Waals surface area contributed by atoms with Gasteiger partial charge in [0, 0.05) is 18.8 Å². The summed E-state index contributed by atoms with van der Waals surface area (Å²) in [5.41, 5.74) is 1.00. The van der Waals surface area contributed by atoms with Crippen molar-refractivity contribution in [3.63, 3.8) is 0 Å². The molecule has 1 rings (SSSR count). The zero-order valence-electron chi connectivity index (χ0n) is 7.90. The van der Waals surface area contributed by atoms with Crippen molar-refractivity contribution >= 4 is 11.9 Å². The standard InChI is InChI=1S/C8H13N3O2/c1-5(2)6-4-7(9-8(12)13)10-11(6)3/h4-5H,1-3H3,(H,9,10)(H,12,13). The summed E-state index contributed by atoms with van der Waals surface area (Å²) < 4.78 is 1.68. The van der Waals surface area contributed by atoms with Gasteiger partial charge in [0.25, 0.3) is 0 Å². The van der Waals surface area contributed by atoms with Crippen LogP contribution in [0.5, 0.6) is 0 Å². The molecule has 0 saturated carbocycles. The van der Waals surface area contributed by atoms with Crippen LogP contribution >= 0.6 is 0 Å². The van der Waals surface area contributed by atoms with E-state index in [9.17, 15) is 4.79 Å². The number of anilines is 1. The number of rotatable bonds is 2. The van der Waals surface area contributed by atoms with Gasteiger partial charge in [0.2, 0.25) is 0 Å². The van der Waals surface area contributed by atoms with Gasteiger partial charge in [-0.15, -0.1) is 0 Å². The third-order valence-corrected chi connectivity index (χ3v) is 1.74. The normalized spacial score (nSPS) is 10.5. The summed E-state index contributed by atoms with van der Waals surface area (Å²) in [6, 6.07) is 1.73. The van der Waals surface area contributed by atoms with Crippen LogP contribution in [0.15, 0.2) is 6.07 Å². The summed E-state index contributed by atoms with van der Waals surface area (Å²) in [5.74, 6) is 0.709. The molecule has 0 aliphatic heterocycles. The van der Waals surface area contributed by atoms with E-state index in [0.29, 0.717) is 11.7 Å². The molecule has 1 amide bonds. The molecule has 5 nitrogen and oxygen atoms in total. The van der Waals surface area contributed by atoms with Crippen LogP contribution in [0, 0.1) is 0 Å². The zero-order valence-corrected chi connectivity index (χ0v) is 7.90. The first-order chi connectivity index (χ1) is 6.00. The molecule has 0 bridgehead atoms. The Bertz CT molecular complexity index is 317. The predicted molar refractivity (Wildman–Crippen MR) is 48.9 cm³/mol. The van der Waals surface area contributed by atoms with Crippen molar-refractivity contribution in [1.82, 2.24) is 9.78 Å². The fraction of sp³-hybridized carbons (Fsp3) is 0.500. The van der Waals surface area contributed by atoms with Crippen LogP contribution in [-0.2, 0) is 7.05 Å². The molecular formula is C8H13N3O2. The smallest absolute Gasteiger partial charge is 0.410 e. The van der Waals surface area contributed by atoms with E-state index in [1.165, 1.54) is 0 Å². The molecule has 1 aromatic heterocycles. The van der Waals surface area contributed by atoms with Gasteiger partial charge in [-0.1, -0.05) is 13.8 Å². The maximum absolute atomic E-state index is 10.3. The minimum atomic E-state index is -1.09. The molecular weight excluding hydrogens is 170 g/mol. The molecule has 13 heavy (non-hydrogen) atoms. The van der Waals surface area contributed by atoms with Crippen LogP contribution in [-0.4, -0.2) is 21.0 Å². The van der Waals surface area contributed by atoms with Gasteiger partial charge in [-0.2, -0.15) is 5.10 Å². The van der Waals surface area contributed by atoms with Crippen molar-refractivity contribution in [2.24, 2.45) is 7.05 Å². The number of hydrogen-bond acceptors (Lipinski definition) is 2. The average Bonchev–Trinajstić information content (AvgIpc) is 2.29. The zero-order chi connectivity index (χ0) is 10.0. The predicted octanol–water partition coefficient (Wildman–Crippen LogP) is 1.63. The number of amides is 1. The average molecular weight is 183 g/mol. The lowest BCUT2D eigenvalue weighted by Gasteiger charge is -2.02. The van der Waals surface area contributed by atoms with Crippen LogP contribution < -0.4 is 5.32 Å². The molecule has 1 aromatic rings. The van der Waals surface area contributed by atoms with Crippen LogP contribution in [0.4, 0.5) is 10.6 Å². The molecule has 0 unspecified atom stereocenters. The van der Waals surface area contributed by atoms with E-state index in [-0.39, 0.29) is 0 Å². The fourth-order valence-corrected chi connectivity index (χ4v) is 1.19. The number of carboxylic acid groups (broad SMARTS) is 1. The third kappa shape index (κ3) is 2.21. The Balaban J connectivity index is 2.88. The Kier molecular flexibility index (Phi) is 2.55. The molecule has 0 atom stereocenters. The Morgan fingerprint density at radius 2 is 2.31 bits per heavy atom. The molecule has 0 spiro atoms. The third-order valence-electron chi connectivity index (χ3n) is 1.74. The van der Waals surface area contributed by atoms with E-state index in [1.807, 2.05) is 13.8 Å². The quantitative estimate of drug-likeness (QED) is 0.732. The van der Waals surface area contributed by atoms with Crippen LogP contribution in [0.1, 0.15) is 25.5 Å². The van der Waals surface area contributed by atoms with Gasteiger partial charge in [-0.05, 0) is 5.92 Å². The summed E-state index contributed by atoms with van der Waals surface area (Å²) in [6.07, 6.45) is -1.09. The number of nitrogens with one attached hydrogen (secondary N) is 1. The van der Waals surface area contributed by atoms with Crippen LogP contribution in [0.3, 0.4) is 0 Å². The summed E-state index contributed by atoms with van der Waals surface area (Å²) >= 11 is 0. The molecule has 1 heterocycles. The molecule has 2 N–H and O–H groups in total. The monoisotopic (exact) mass is 183 g/mol. The Labute approximate surface area is 76.4 Å². The van der Waals surface area contributed by atoms with Crippen molar-refractivity contribution in [1.29, 1.82) is 0 Å². The van der Waals surface area contributed by atoms with E-state index in [1.54, 1.807) is 17.8 Å². The van der Waals surface area contributed by atoms with E-state index >= 15 is 0 Å². The minimum Gasteiger partial charge on any atom is -0.465 e. The molecule has 0 fully saturated rings. The van der Waals surface area contributed by atoms with E-state index in [2.05, 4.69) is 10.4 Å². The van der Waals surface area contributed by atoms with Gasteiger partial charge in [0.1, 0.15) is 0 Å². The first kappa shape index (κ1) is 9.57. The maximum atomic E-state index is 10.3. The minimum absolute atomic E-state index is 0.335. The second kappa shape index (κ2) is 3.47. The van der Waals surface area contributed by atoms with Crippen molar-refractivity contribution in [2.75, 3.05) is 5.32 Å². The van der Waals surface area contributed by atoms with E-state index < -0.39 is 6.09 Å². The SMILES string of the molecule is CC(C)c1cc(NC(=O)O)nn1C. The first-order valence-corrected chi connectivity index (χ1v) is 4.04. The number of aromatic nitrogens is 2. The van der Waals surface area contributed by atoms with Gasteiger partial charge >= 0.3 is 6.09 Å². The Morgan fingerprint density at radius 3 is 2.69 bits per heavy atom. The highest BCUT2D eigenvalue weighted by molar-refractivity contribution is 5.81. The maximum Gasteiger partial charge on any atom is 0.410 e. The van der Waals surface area contributed by atoms with Gasteiger partial charge < -0.3 is 5.11 Å². The first-order valence-electron chi connectivity index (χ1n) is 4.04. The highest BCUT2D eigenvalue weighted by Gasteiger charge is 2.09. The highest BCUT2D eigenvalue weighted by Crippen LogP contribution is 2.17. The molecule has 0 aliphatic carbocycles. The van der Waals surface area contributed by atoms with E-state index in [0.717, 1.165) is 5.69 Å². The fourth-order valence-electron chi connectivity index (χ4n) is 1.19. The Hall–Kier alpha value is -1.52. The van der Waals surface area contributed by atoms with Crippen molar-refractivity contribution < 1.29 is 9.90 Å².